The Morgan fingerprint density at radius 3 is 2.72 bits per heavy atom. The number of likely N-dealkylation sites (N-methyl/N-ethyl adjacent to an activating group) is 1. The molecule has 39 heavy (non-hydrogen) atoms. The molecule has 2 aliphatic carbocycles. The van der Waals surface area contributed by atoms with Gasteiger partial charge in [-0.2, -0.15) is 0 Å². The zero-order chi connectivity index (χ0) is 27.0. The van der Waals surface area contributed by atoms with Crippen molar-refractivity contribution in [3.63, 3.8) is 0 Å². The van der Waals surface area contributed by atoms with Crippen molar-refractivity contribution < 1.29 is 14.6 Å². The van der Waals surface area contributed by atoms with E-state index in [0.717, 1.165) is 63.4 Å². The number of benzene rings is 2. The Labute approximate surface area is 234 Å². The van der Waals surface area contributed by atoms with Crippen LogP contribution in [0.4, 0.5) is 0 Å². The van der Waals surface area contributed by atoms with E-state index in [0.29, 0.717) is 6.04 Å². The standard InChI is InChI=1S/C34H46N2O3/c1-4-21-36-23-20-33-30-26-16-17-28(38-3)31(30)39-32(33)27(18-19-34(33,37)29(36)24-26)35(5-2)22-12-7-6-9-13-25-14-10-8-11-15-25/h4,8,10-11,14-17,27,29,32,37H,1,5-7,9,12-13,18-24H2,2-3H3/t27?,29-,32?,33+,34-/m1/s1. The van der Waals surface area contributed by atoms with E-state index < -0.39 is 5.60 Å². The Morgan fingerprint density at radius 2 is 1.95 bits per heavy atom. The number of rotatable bonds is 12. The highest BCUT2D eigenvalue weighted by molar-refractivity contribution is 5.63. The predicted octanol–water partition coefficient (Wildman–Crippen LogP) is 5.53. The van der Waals surface area contributed by atoms with Gasteiger partial charge in [0.25, 0.3) is 0 Å². The molecule has 0 aromatic heterocycles. The molecule has 0 radical (unpaired) electrons. The van der Waals surface area contributed by atoms with E-state index in [-0.39, 0.29) is 17.6 Å². The van der Waals surface area contributed by atoms with Gasteiger partial charge in [0, 0.05) is 24.2 Å². The van der Waals surface area contributed by atoms with Crippen LogP contribution in [0.25, 0.3) is 0 Å². The van der Waals surface area contributed by atoms with Crippen LogP contribution in [0, 0.1) is 0 Å². The Morgan fingerprint density at radius 1 is 1.13 bits per heavy atom. The molecule has 0 amide bonds. The van der Waals surface area contributed by atoms with E-state index in [4.69, 9.17) is 9.47 Å². The number of hydrogen-bond acceptors (Lipinski definition) is 5. The van der Waals surface area contributed by atoms with Crippen molar-refractivity contribution in [2.45, 2.75) is 93.9 Å². The van der Waals surface area contributed by atoms with Gasteiger partial charge in [-0.05, 0) is 81.8 Å². The summed E-state index contributed by atoms with van der Waals surface area (Å²) in [6, 6.07) is 15.5. The maximum Gasteiger partial charge on any atom is 0.165 e. The van der Waals surface area contributed by atoms with Gasteiger partial charge in [-0.15, -0.1) is 6.58 Å². The first-order chi connectivity index (χ1) is 19.1. The zero-order valence-corrected chi connectivity index (χ0v) is 23.9. The van der Waals surface area contributed by atoms with Gasteiger partial charge < -0.3 is 14.6 Å². The van der Waals surface area contributed by atoms with Crippen molar-refractivity contribution in [1.82, 2.24) is 9.80 Å². The molecule has 2 unspecified atom stereocenters. The first-order valence-electron chi connectivity index (χ1n) is 15.3. The molecular formula is C34H46N2O3. The normalized spacial score (nSPS) is 30.6. The third kappa shape index (κ3) is 4.24. The van der Waals surface area contributed by atoms with Crippen LogP contribution in [-0.2, 0) is 18.3 Å². The van der Waals surface area contributed by atoms with E-state index in [1.54, 1.807) is 7.11 Å². The lowest BCUT2D eigenvalue weighted by atomic mass is 9.48. The van der Waals surface area contributed by atoms with Crippen molar-refractivity contribution >= 4 is 0 Å². The van der Waals surface area contributed by atoms with E-state index in [1.807, 2.05) is 6.08 Å². The average Bonchev–Trinajstić information content (AvgIpc) is 3.31. The van der Waals surface area contributed by atoms with E-state index in [9.17, 15) is 5.11 Å². The molecule has 5 atom stereocenters. The summed E-state index contributed by atoms with van der Waals surface area (Å²) in [5.74, 6) is 1.71. The second-order valence-electron chi connectivity index (χ2n) is 12.2. The molecule has 6 rings (SSSR count). The lowest BCUT2D eigenvalue weighted by molar-refractivity contribution is -0.198. The Balaban J connectivity index is 1.21. The summed E-state index contributed by atoms with van der Waals surface area (Å²) in [7, 11) is 1.74. The van der Waals surface area contributed by atoms with Crippen LogP contribution < -0.4 is 9.47 Å². The average molecular weight is 531 g/mol. The van der Waals surface area contributed by atoms with Gasteiger partial charge in [0.1, 0.15) is 6.10 Å². The van der Waals surface area contributed by atoms with Crippen molar-refractivity contribution in [2.24, 2.45) is 0 Å². The number of aliphatic hydroxyl groups is 1. The van der Waals surface area contributed by atoms with Crippen LogP contribution in [0.1, 0.15) is 68.6 Å². The fourth-order valence-electron chi connectivity index (χ4n) is 8.71. The van der Waals surface area contributed by atoms with E-state index in [2.05, 4.69) is 65.8 Å². The first-order valence-corrected chi connectivity index (χ1v) is 15.3. The highest BCUT2D eigenvalue weighted by atomic mass is 16.5. The molecule has 1 saturated carbocycles. The van der Waals surface area contributed by atoms with Crippen molar-refractivity contribution in [2.75, 3.05) is 33.3 Å². The van der Waals surface area contributed by atoms with E-state index >= 15 is 0 Å². The van der Waals surface area contributed by atoms with Crippen molar-refractivity contribution in [3.05, 3.63) is 71.8 Å². The van der Waals surface area contributed by atoms with Gasteiger partial charge in [-0.1, -0.05) is 62.2 Å². The summed E-state index contributed by atoms with van der Waals surface area (Å²) < 4.78 is 12.8. The predicted molar refractivity (Wildman–Crippen MR) is 157 cm³/mol. The topological polar surface area (TPSA) is 45.2 Å². The molecule has 5 nitrogen and oxygen atoms in total. The second-order valence-corrected chi connectivity index (χ2v) is 12.2. The highest BCUT2D eigenvalue weighted by Gasteiger charge is 2.73. The van der Waals surface area contributed by atoms with Gasteiger partial charge in [0.05, 0.1) is 18.1 Å². The minimum Gasteiger partial charge on any atom is -0.493 e. The lowest BCUT2D eigenvalue weighted by Crippen LogP contribution is -2.78. The number of hydrogen-bond donors (Lipinski definition) is 1. The third-order valence-corrected chi connectivity index (χ3v) is 10.5. The smallest absolute Gasteiger partial charge is 0.165 e. The Kier molecular flexibility index (Phi) is 7.51. The lowest BCUT2D eigenvalue weighted by Gasteiger charge is -2.64. The molecular weight excluding hydrogens is 484 g/mol. The molecule has 2 bridgehead atoms. The number of ether oxygens (including phenoxy) is 2. The number of likely N-dealkylation sites (tertiary alicyclic amines) is 1. The molecule has 1 N–H and O–H groups in total. The molecule has 5 heteroatoms. The minimum absolute atomic E-state index is 0.0481. The highest BCUT2D eigenvalue weighted by Crippen LogP contribution is 2.65. The van der Waals surface area contributed by atoms with Gasteiger partial charge in [0.15, 0.2) is 11.5 Å². The summed E-state index contributed by atoms with van der Waals surface area (Å²) in [6.07, 6.45) is 11.7. The van der Waals surface area contributed by atoms with Gasteiger partial charge in [0.2, 0.25) is 0 Å². The SMILES string of the molecule is C=CCN1CC[C@]23c4c5ccc(OC)c4OC2C(N(CC)CCCCCCc2ccccc2)CC[C@@]3(O)[C@H]1C5. The summed E-state index contributed by atoms with van der Waals surface area (Å²) in [4.78, 5) is 5.13. The van der Waals surface area contributed by atoms with Crippen LogP contribution in [0.3, 0.4) is 0 Å². The van der Waals surface area contributed by atoms with Crippen LogP contribution in [0.15, 0.2) is 55.1 Å². The van der Waals surface area contributed by atoms with Crippen molar-refractivity contribution in [1.29, 1.82) is 0 Å². The van der Waals surface area contributed by atoms with Crippen molar-refractivity contribution in [3.8, 4) is 11.5 Å². The Hall–Kier alpha value is -2.34. The molecule has 210 valence electrons. The second kappa shape index (κ2) is 10.9. The summed E-state index contributed by atoms with van der Waals surface area (Å²) in [6.45, 7) is 10.2. The molecule has 2 aromatic carbocycles. The number of nitrogens with zero attached hydrogens (tertiary/aromatic N) is 2. The summed E-state index contributed by atoms with van der Waals surface area (Å²) in [5.41, 5.74) is 2.86. The van der Waals surface area contributed by atoms with Gasteiger partial charge in [-0.25, -0.2) is 0 Å². The van der Waals surface area contributed by atoms with Gasteiger partial charge in [-0.3, -0.25) is 9.80 Å². The fourth-order valence-corrected chi connectivity index (χ4v) is 8.71. The third-order valence-electron chi connectivity index (χ3n) is 10.5. The largest absolute Gasteiger partial charge is 0.493 e. The molecule has 2 heterocycles. The zero-order valence-electron chi connectivity index (χ0n) is 23.9. The summed E-state index contributed by atoms with van der Waals surface area (Å²) >= 11 is 0. The fraction of sp³-hybridized carbons (Fsp3) is 0.588. The molecule has 4 aliphatic rings. The monoisotopic (exact) mass is 530 g/mol. The Bertz CT molecular complexity index is 1170. The van der Waals surface area contributed by atoms with Crippen LogP contribution >= 0.6 is 0 Å². The molecule has 1 spiro atoms. The molecule has 2 aliphatic heterocycles. The minimum atomic E-state index is -0.795. The number of unbranched alkanes of at least 4 members (excludes halogenated alkanes) is 3. The number of aryl methyl sites for hydroxylation is 1. The molecule has 1 saturated heterocycles. The van der Waals surface area contributed by atoms with Crippen LogP contribution in [0.5, 0.6) is 11.5 Å². The quantitative estimate of drug-likeness (QED) is 0.289. The van der Waals surface area contributed by atoms with Crippen LogP contribution in [0.2, 0.25) is 0 Å². The molecule has 2 fully saturated rings. The molecule has 2 aromatic rings. The summed E-state index contributed by atoms with van der Waals surface area (Å²) in [5, 5.41) is 12.7. The maximum atomic E-state index is 12.7. The van der Waals surface area contributed by atoms with Gasteiger partial charge >= 0.3 is 0 Å². The van der Waals surface area contributed by atoms with E-state index in [1.165, 1.54) is 48.8 Å². The first kappa shape index (κ1) is 26.9. The maximum absolute atomic E-state index is 12.7. The number of piperidine rings is 1. The van der Waals surface area contributed by atoms with Crippen LogP contribution in [-0.4, -0.2) is 72.0 Å². The number of methoxy groups -OCH3 is 1.